The lowest BCUT2D eigenvalue weighted by Gasteiger charge is -2.48. The third kappa shape index (κ3) is 38.9. The average Bonchev–Trinajstić information content (AvgIpc) is 0.809. The lowest BCUT2D eigenvalue weighted by Crippen LogP contribution is -2.66. The smallest absolute Gasteiger partial charge is 0.220 e. The Hall–Kier alpha value is -3.55. The number of aliphatic hydroxyl groups is 11. The summed E-state index contributed by atoms with van der Waals surface area (Å²) >= 11 is 0. The van der Waals surface area contributed by atoms with Crippen molar-refractivity contribution in [3.05, 3.63) is 109 Å². The SMILES string of the molecule is CC/C=C\C/C=C\C/C=C\C/C=C\C/C=C\C/C=C\C/C=C\C/C=C\CCCCCCCCCCCCCCCCC(=O)NC(COC1OC(CO)C(OC2OC(CO)C(OC3OC(CO)C(O)C(O)C3O)C(O)C2O)C(O)C1O)C(O)/C=C/CCCCCCCCCCCCC. The van der Waals surface area contributed by atoms with E-state index in [2.05, 4.69) is 116 Å². The fourth-order valence-electron chi connectivity index (χ4n) is 12.0. The van der Waals surface area contributed by atoms with Crippen LogP contribution in [0.5, 0.6) is 0 Å². The third-order valence-electron chi connectivity index (χ3n) is 18.1. The van der Waals surface area contributed by atoms with Crippen LogP contribution in [0, 0.1) is 0 Å². The van der Waals surface area contributed by atoms with Crippen LogP contribution in [0.2, 0.25) is 0 Å². The van der Waals surface area contributed by atoms with E-state index in [9.17, 15) is 61.0 Å². The molecule has 0 aromatic rings. The first kappa shape index (κ1) is 87.7. The number of carbonyl (C=O) groups excluding carboxylic acids is 1. The molecule has 0 aliphatic carbocycles. The topological polar surface area (TPSA) is 307 Å². The highest BCUT2D eigenvalue weighted by molar-refractivity contribution is 5.76. The fourth-order valence-corrected chi connectivity index (χ4v) is 12.0. The van der Waals surface area contributed by atoms with Crippen molar-refractivity contribution in [2.75, 3.05) is 26.4 Å². The summed E-state index contributed by atoms with van der Waals surface area (Å²) in [6.45, 7) is 1.60. The van der Waals surface area contributed by atoms with E-state index >= 15 is 0 Å². The van der Waals surface area contributed by atoms with Gasteiger partial charge >= 0.3 is 0 Å². The summed E-state index contributed by atoms with van der Waals surface area (Å²) in [5.74, 6) is -0.280. The molecule has 3 saturated heterocycles. The molecule has 12 N–H and O–H groups in total. The van der Waals surface area contributed by atoms with Crippen molar-refractivity contribution in [1.82, 2.24) is 5.32 Å². The molecular formula is C78H133NO18. The monoisotopic (exact) mass is 1370 g/mol. The van der Waals surface area contributed by atoms with Gasteiger partial charge in [0.25, 0.3) is 0 Å². The van der Waals surface area contributed by atoms with Crippen molar-refractivity contribution in [1.29, 1.82) is 0 Å². The summed E-state index contributed by atoms with van der Waals surface area (Å²) in [5.41, 5.74) is 0. The van der Waals surface area contributed by atoms with E-state index < -0.39 is 124 Å². The molecule has 3 heterocycles. The maximum absolute atomic E-state index is 13.4. The lowest BCUT2D eigenvalue weighted by molar-refractivity contribution is -0.379. The van der Waals surface area contributed by atoms with Crippen molar-refractivity contribution in [3.8, 4) is 0 Å². The predicted octanol–water partition coefficient (Wildman–Crippen LogP) is 11.4. The average molecular weight is 1370 g/mol. The van der Waals surface area contributed by atoms with E-state index in [-0.39, 0.29) is 18.9 Å². The van der Waals surface area contributed by atoms with Crippen LogP contribution in [-0.2, 0) is 33.2 Å². The largest absolute Gasteiger partial charge is 0.394 e. The quantitative estimate of drug-likeness (QED) is 0.0199. The predicted molar refractivity (Wildman–Crippen MR) is 383 cm³/mol. The Morgan fingerprint density at radius 1 is 0.381 bits per heavy atom. The Morgan fingerprint density at radius 3 is 1.11 bits per heavy atom. The van der Waals surface area contributed by atoms with Gasteiger partial charge in [-0.1, -0.05) is 264 Å². The molecule has 17 unspecified atom stereocenters. The number of unbranched alkanes of at least 4 members (excludes halogenated alkanes) is 25. The molecule has 0 aromatic heterocycles. The molecule has 0 spiro atoms. The minimum atomic E-state index is -1.98. The molecule has 0 saturated carbocycles. The third-order valence-corrected chi connectivity index (χ3v) is 18.1. The Bertz CT molecular complexity index is 2180. The summed E-state index contributed by atoms with van der Waals surface area (Å²) < 4.78 is 34.3. The van der Waals surface area contributed by atoms with E-state index in [1.165, 1.54) is 116 Å². The number of aliphatic hydroxyl groups excluding tert-OH is 11. The normalized spacial score (nSPS) is 27.5. The molecule has 3 aliphatic heterocycles. The number of carbonyl (C=O) groups is 1. The van der Waals surface area contributed by atoms with Gasteiger partial charge in [0.05, 0.1) is 38.6 Å². The lowest BCUT2D eigenvalue weighted by atomic mass is 9.96. The number of amides is 1. The fraction of sp³-hybridized carbons (Fsp3) is 0.756. The molecule has 0 bridgehead atoms. The maximum Gasteiger partial charge on any atom is 0.220 e. The first-order valence-corrected chi connectivity index (χ1v) is 37.6. The Morgan fingerprint density at radius 2 is 0.711 bits per heavy atom. The molecule has 0 aromatic carbocycles. The van der Waals surface area contributed by atoms with Crippen molar-refractivity contribution < 1.29 is 89.4 Å². The molecule has 19 heteroatoms. The first-order chi connectivity index (χ1) is 47.3. The molecule has 0 radical (unpaired) electrons. The highest BCUT2D eigenvalue weighted by Crippen LogP contribution is 2.33. The molecule has 3 rings (SSSR count). The van der Waals surface area contributed by atoms with Gasteiger partial charge in [0.2, 0.25) is 5.91 Å². The van der Waals surface area contributed by atoms with E-state index in [1.807, 2.05) is 6.08 Å². The number of hydrogen-bond donors (Lipinski definition) is 12. The van der Waals surface area contributed by atoms with Gasteiger partial charge in [0.1, 0.15) is 73.2 Å². The zero-order valence-electron chi connectivity index (χ0n) is 59.3. The number of hydrogen-bond acceptors (Lipinski definition) is 18. The number of rotatable bonds is 57. The molecule has 3 aliphatic rings. The summed E-state index contributed by atoms with van der Waals surface area (Å²) in [7, 11) is 0. The van der Waals surface area contributed by atoms with Gasteiger partial charge in [-0.15, -0.1) is 0 Å². The van der Waals surface area contributed by atoms with Crippen LogP contribution >= 0.6 is 0 Å². The second kappa shape index (κ2) is 58.0. The van der Waals surface area contributed by atoms with E-state index in [1.54, 1.807) is 6.08 Å². The second-order valence-electron chi connectivity index (χ2n) is 26.4. The van der Waals surface area contributed by atoms with Crippen LogP contribution in [0.25, 0.3) is 0 Å². The van der Waals surface area contributed by atoms with Gasteiger partial charge in [-0.25, -0.2) is 0 Å². The van der Waals surface area contributed by atoms with Crippen molar-refractivity contribution >= 4 is 5.91 Å². The van der Waals surface area contributed by atoms with Gasteiger partial charge in [-0.05, 0) is 83.5 Å². The Balaban J connectivity index is 1.32. The highest BCUT2D eigenvalue weighted by atomic mass is 16.8. The summed E-state index contributed by atoms with van der Waals surface area (Å²) in [6.07, 6.45) is 52.2. The first-order valence-electron chi connectivity index (χ1n) is 37.6. The van der Waals surface area contributed by atoms with Crippen LogP contribution in [-0.4, -0.2) is 193 Å². The summed E-state index contributed by atoms with van der Waals surface area (Å²) in [4.78, 5) is 13.4. The van der Waals surface area contributed by atoms with Crippen molar-refractivity contribution in [2.24, 2.45) is 0 Å². The molecular weight excluding hydrogens is 1240 g/mol. The van der Waals surface area contributed by atoms with Crippen LogP contribution in [0.4, 0.5) is 0 Å². The molecule has 17 atom stereocenters. The van der Waals surface area contributed by atoms with E-state index in [0.717, 1.165) is 103 Å². The van der Waals surface area contributed by atoms with Crippen molar-refractivity contribution in [2.45, 2.75) is 349 Å². The van der Waals surface area contributed by atoms with Crippen molar-refractivity contribution in [3.63, 3.8) is 0 Å². The minimum absolute atomic E-state index is 0.237. The zero-order chi connectivity index (χ0) is 70.4. The van der Waals surface area contributed by atoms with Gasteiger partial charge < -0.3 is 89.9 Å². The summed E-state index contributed by atoms with van der Waals surface area (Å²) in [5, 5.41) is 121. The second-order valence-corrected chi connectivity index (χ2v) is 26.4. The minimum Gasteiger partial charge on any atom is -0.394 e. The van der Waals surface area contributed by atoms with Gasteiger partial charge in [0, 0.05) is 6.42 Å². The molecule has 558 valence electrons. The molecule has 3 fully saturated rings. The van der Waals surface area contributed by atoms with E-state index in [4.69, 9.17) is 28.4 Å². The highest BCUT2D eigenvalue weighted by Gasteiger charge is 2.53. The van der Waals surface area contributed by atoms with Gasteiger partial charge in [-0.2, -0.15) is 0 Å². The zero-order valence-corrected chi connectivity index (χ0v) is 59.3. The van der Waals surface area contributed by atoms with Crippen LogP contribution in [0.15, 0.2) is 109 Å². The Labute approximate surface area is 583 Å². The molecule has 1 amide bonds. The number of ether oxygens (including phenoxy) is 6. The molecule has 19 nitrogen and oxygen atoms in total. The van der Waals surface area contributed by atoms with Gasteiger partial charge in [0.15, 0.2) is 18.9 Å². The van der Waals surface area contributed by atoms with Crippen LogP contribution in [0.3, 0.4) is 0 Å². The van der Waals surface area contributed by atoms with E-state index in [0.29, 0.717) is 6.42 Å². The van der Waals surface area contributed by atoms with Crippen LogP contribution in [0.1, 0.15) is 245 Å². The van der Waals surface area contributed by atoms with Crippen LogP contribution < -0.4 is 5.32 Å². The Kier molecular flexibility index (Phi) is 52.4. The standard InChI is InChI=1S/C78H133NO18/c1-3-5-7-9-11-13-15-17-18-19-20-21-22-23-24-25-26-27-28-29-30-31-32-33-34-35-36-37-38-39-40-41-42-44-46-48-50-52-54-56-66(84)79-61(62(83)55-53-51-49-47-45-43-16-14-12-10-8-6-4-2)60-92-76-72(90)69(87)74(64(58-81)94-76)97-78-73(91)70(88)75(65(59-82)95-78)96-77-71(89)68(86)67(85)63(57-80)93-77/h5,7,11,13,17-18,20-21,23-24,26-27,29-30,32-33,53,55,61-65,67-78,80-83,85-91H,3-4,6,8-10,12,14-16,19,22,25,28,31,34-52,54,56-60H2,1-2H3,(H,79,84)/b7-5-,13-11-,18-17-,21-20-,24-23-,27-26-,30-29-,33-32-,55-53+. The van der Waals surface area contributed by atoms with Gasteiger partial charge in [-0.3, -0.25) is 4.79 Å². The number of nitrogens with one attached hydrogen (secondary N) is 1. The summed E-state index contributed by atoms with van der Waals surface area (Å²) in [6, 6.07) is -0.978. The maximum atomic E-state index is 13.4. The molecule has 97 heavy (non-hydrogen) atoms. The number of allylic oxidation sites excluding steroid dienone is 17.